The van der Waals surface area contributed by atoms with Gasteiger partial charge in [0.25, 0.3) is 0 Å². The van der Waals surface area contributed by atoms with Crippen molar-refractivity contribution in [2.45, 2.75) is 46.5 Å². The minimum atomic E-state index is -1.35. The van der Waals surface area contributed by atoms with Crippen LogP contribution in [0, 0.1) is 12.3 Å². The van der Waals surface area contributed by atoms with Crippen molar-refractivity contribution < 1.29 is 13.9 Å². The highest BCUT2D eigenvalue weighted by Gasteiger charge is 2.39. The minimum Gasteiger partial charge on any atom is -0.375 e. The highest BCUT2D eigenvalue weighted by molar-refractivity contribution is 5.78. The van der Waals surface area contributed by atoms with E-state index >= 15 is 0 Å². The molecule has 3 rings (SSSR count). The van der Waals surface area contributed by atoms with Crippen LogP contribution in [-0.4, -0.2) is 53.3 Å². The van der Waals surface area contributed by atoms with Gasteiger partial charge >= 0.3 is 0 Å². The number of aryl methyl sites for hydroxylation is 1. The second-order valence-electron chi connectivity index (χ2n) is 9.99. The number of rotatable bonds is 10. The number of benzene rings is 2. The first-order valence-electron chi connectivity index (χ1n) is 11.9. The van der Waals surface area contributed by atoms with Gasteiger partial charge in [-0.25, -0.2) is 9.37 Å². The Balaban J connectivity index is 2.19. The average Bonchev–Trinajstić information content (AvgIpc) is 3.23. The van der Waals surface area contributed by atoms with Gasteiger partial charge in [-0.05, 0) is 23.5 Å². The normalized spacial score (nSPS) is 13.5. The van der Waals surface area contributed by atoms with E-state index in [4.69, 9.17) is 15.5 Å². The first kappa shape index (κ1) is 26.6. The Kier molecular flexibility index (Phi) is 8.81. The lowest BCUT2D eigenvalue weighted by atomic mass is 9.84. The maximum atomic E-state index is 14.6. The van der Waals surface area contributed by atoms with Crippen LogP contribution in [0.3, 0.4) is 0 Å². The lowest BCUT2D eigenvalue weighted by Gasteiger charge is -2.40. The van der Waals surface area contributed by atoms with Crippen molar-refractivity contribution in [1.82, 2.24) is 14.5 Å². The SMILES string of the molecule is COCC(=O)N(CC(F)CN)[C@@H](c1nc(-c2ccccc2)cn1Cc1ccccc1C)C(C)(C)C. The van der Waals surface area contributed by atoms with Gasteiger partial charge in [-0.15, -0.1) is 0 Å². The Morgan fingerprint density at radius 2 is 1.80 bits per heavy atom. The maximum absolute atomic E-state index is 14.6. The quantitative estimate of drug-likeness (QED) is 0.454. The smallest absolute Gasteiger partial charge is 0.249 e. The molecule has 0 aliphatic heterocycles. The van der Waals surface area contributed by atoms with E-state index in [1.54, 1.807) is 4.90 Å². The number of aromatic nitrogens is 2. The molecular formula is C28H37FN4O2. The number of carbonyl (C=O) groups is 1. The van der Waals surface area contributed by atoms with E-state index in [-0.39, 0.29) is 25.6 Å². The Morgan fingerprint density at radius 3 is 2.40 bits per heavy atom. The fraction of sp³-hybridized carbons (Fsp3) is 0.429. The largest absolute Gasteiger partial charge is 0.375 e. The van der Waals surface area contributed by atoms with Crippen LogP contribution in [0.2, 0.25) is 0 Å². The molecule has 0 aliphatic rings. The molecule has 0 aliphatic carbocycles. The molecule has 35 heavy (non-hydrogen) atoms. The van der Waals surface area contributed by atoms with Crippen LogP contribution >= 0.6 is 0 Å². The third-order valence-electron chi connectivity index (χ3n) is 6.09. The van der Waals surface area contributed by atoms with Gasteiger partial charge in [-0.1, -0.05) is 75.4 Å². The van der Waals surface area contributed by atoms with Crippen LogP contribution in [0.4, 0.5) is 4.39 Å². The molecule has 0 spiro atoms. The van der Waals surface area contributed by atoms with Gasteiger partial charge in [0.2, 0.25) is 5.91 Å². The van der Waals surface area contributed by atoms with Gasteiger partial charge in [0.15, 0.2) is 0 Å². The number of nitrogens with two attached hydrogens (primary N) is 1. The standard InChI is InChI=1S/C28H37FN4O2/c1-20-11-9-10-14-22(20)16-32-18-24(21-12-7-6-8-13-21)31-27(32)26(28(2,3)4)33(17-23(29)15-30)25(34)19-35-5/h6-14,18,23,26H,15-17,19,30H2,1-5H3/t23?,26-/m0/s1. The van der Waals surface area contributed by atoms with Crippen LogP contribution in [0.25, 0.3) is 11.3 Å². The summed E-state index contributed by atoms with van der Waals surface area (Å²) >= 11 is 0. The molecular weight excluding hydrogens is 443 g/mol. The Morgan fingerprint density at radius 1 is 1.14 bits per heavy atom. The van der Waals surface area contributed by atoms with Crippen LogP contribution in [0.1, 0.15) is 43.8 Å². The number of ether oxygens (including phenoxy) is 1. The average molecular weight is 481 g/mol. The lowest BCUT2D eigenvalue weighted by molar-refractivity contribution is -0.141. The summed E-state index contributed by atoms with van der Waals surface area (Å²) in [4.78, 5) is 19.8. The van der Waals surface area contributed by atoms with E-state index in [1.165, 1.54) is 12.7 Å². The number of hydrogen-bond acceptors (Lipinski definition) is 4. The van der Waals surface area contributed by atoms with Crippen molar-refractivity contribution in [3.63, 3.8) is 0 Å². The minimum absolute atomic E-state index is 0.126. The second kappa shape index (κ2) is 11.6. The van der Waals surface area contributed by atoms with Crippen molar-refractivity contribution >= 4 is 5.91 Å². The number of halogens is 1. The molecule has 1 heterocycles. The topological polar surface area (TPSA) is 73.4 Å². The van der Waals surface area contributed by atoms with E-state index < -0.39 is 17.6 Å². The van der Waals surface area contributed by atoms with Crippen LogP contribution in [0.5, 0.6) is 0 Å². The summed E-state index contributed by atoms with van der Waals surface area (Å²) in [5.74, 6) is 0.406. The number of alkyl halides is 1. The summed E-state index contributed by atoms with van der Waals surface area (Å²) in [6, 6.07) is 17.6. The number of amides is 1. The maximum Gasteiger partial charge on any atom is 0.249 e. The number of imidazole rings is 1. The molecule has 0 saturated carbocycles. The monoisotopic (exact) mass is 480 g/mol. The van der Waals surface area contributed by atoms with Crippen molar-refractivity contribution in [1.29, 1.82) is 0 Å². The molecule has 0 fully saturated rings. The van der Waals surface area contributed by atoms with Crippen molar-refractivity contribution in [3.8, 4) is 11.3 Å². The summed E-state index contributed by atoms with van der Waals surface area (Å²) in [5, 5.41) is 0. The Bertz CT molecular complexity index is 1110. The van der Waals surface area contributed by atoms with Crippen molar-refractivity contribution in [2.24, 2.45) is 11.1 Å². The Labute approximate surface area is 207 Å². The van der Waals surface area contributed by atoms with Crippen LogP contribution < -0.4 is 5.73 Å². The zero-order valence-corrected chi connectivity index (χ0v) is 21.4. The summed E-state index contributed by atoms with van der Waals surface area (Å²) in [7, 11) is 1.46. The van der Waals surface area contributed by atoms with E-state index in [1.807, 2.05) is 69.4 Å². The van der Waals surface area contributed by atoms with Gasteiger partial charge < -0.3 is 19.9 Å². The van der Waals surface area contributed by atoms with Gasteiger partial charge in [-0.3, -0.25) is 4.79 Å². The number of nitrogens with zero attached hydrogens (tertiary/aromatic N) is 3. The van der Waals surface area contributed by atoms with Gasteiger partial charge in [-0.2, -0.15) is 0 Å². The highest BCUT2D eigenvalue weighted by atomic mass is 19.1. The number of methoxy groups -OCH3 is 1. The van der Waals surface area contributed by atoms with Crippen molar-refractivity contribution in [2.75, 3.05) is 26.8 Å². The summed E-state index contributed by atoms with van der Waals surface area (Å²) in [5.41, 5.74) is 9.26. The first-order chi connectivity index (χ1) is 16.7. The first-order valence-corrected chi connectivity index (χ1v) is 11.9. The van der Waals surface area contributed by atoms with Crippen LogP contribution in [-0.2, 0) is 16.1 Å². The molecule has 188 valence electrons. The predicted octanol–water partition coefficient (Wildman–Crippen LogP) is 4.77. The van der Waals surface area contributed by atoms with E-state index in [0.717, 1.165) is 16.8 Å². The molecule has 6 nitrogen and oxygen atoms in total. The molecule has 1 aromatic heterocycles. The van der Waals surface area contributed by atoms with E-state index in [0.29, 0.717) is 12.4 Å². The van der Waals surface area contributed by atoms with E-state index in [2.05, 4.69) is 23.6 Å². The molecule has 2 aromatic carbocycles. The molecule has 7 heteroatoms. The summed E-state index contributed by atoms with van der Waals surface area (Å²) in [6.45, 7) is 8.33. The van der Waals surface area contributed by atoms with Gasteiger partial charge in [0.1, 0.15) is 18.6 Å². The number of hydrogen-bond donors (Lipinski definition) is 1. The van der Waals surface area contributed by atoms with Gasteiger partial charge in [0.05, 0.1) is 18.3 Å². The fourth-order valence-corrected chi connectivity index (χ4v) is 4.33. The number of carbonyl (C=O) groups excluding carboxylic acids is 1. The van der Waals surface area contributed by atoms with E-state index in [9.17, 15) is 9.18 Å². The van der Waals surface area contributed by atoms with Gasteiger partial charge in [0, 0.05) is 32.0 Å². The second-order valence-corrected chi connectivity index (χ2v) is 9.99. The van der Waals surface area contributed by atoms with Crippen molar-refractivity contribution in [3.05, 3.63) is 77.7 Å². The summed E-state index contributed by atoms with van der Waals surface area (Å²) in [6.07, 6.45) is 0.666. The third-order valence-corrected chi connectivity index (χ3v) is 6.09. The molecule has 1 unspecified atom stereocenters. The predicted molar refractivity (Wildman–Crippen MR) is 138 cm³/mol. The Hall–Kier alpha value is -3.03. The third kappa shape index (κ3) is 6.55. The molecule has 0 radical (unpaired) electrons. The summed E-state index contributed by atoms with van der Waals surface area (Å²) < 4.78 is 21.9. The lowest BCUT2D eigenvalue weighted by Crippen LogP contribution is -2.47. The molecule has 2 atom stereocenters. The molecule has 0 saturated heterocycles. The molecule has 3 aromatic rings. The zero-order valence-electron chi connectivity index (χ0n) is 21.4. The molecule has 2 N–H and O–H groups in total. The fourth-order valence-electron chi connectivity index (χ4n) is 4.33. The van der Waals surface area contributed by atoms with Crippen LogP contribution in [0.15, 0.2) is 60.8 Å². The highest BCUT2D eigenvalue weighted by Crippen LogP contribution is 2.39. The molecule has 1 amide bonds. The zero-order chi connectivity index (χ0) is 25.6. The molecule has 0 bridgehead atoms.